The van der Waals surface area contributed by atoms with Crippen LogP contribution in [0.1, 0.15) is 44.5 Å². The molecule has 150 heavy (non-hydrogen) atoms. The van der Waals surface area contributed by atoms with Crippen LogP contribution >= 0.6 is 0 Å². The van der Waals surface area contributed by atoms with Crippen LogP contribution in [0.25, 0.3) is 237 Å². The van der Waals surface area contributed by atoms with Gasteiger partial charge >= 0.3 is 0 Å². The Morgan fingerprint density at radius 2 is 0.480 bits per heavy atom. The van der Waals surface area contributed by atoms with E-state index in [0.717, 1.165) is 210 Å². The molecule has 0 atom stereocenters. The van der Waals surface area contributed by atoms with Crippen LogP contribution in [0.5, 0.6) is 0 Å². The molecule has 6 aromatic heterocycles. The van der Waals surface area contributed by atoms with Crippen molar-refractivity contribution in [1.82, 2.24) is 27.4 Å². The molecule has 690 valence electrons. The SMILES string of the molecule is N#Cc1ccc2c(c1)c1c(C#N)cccc1n2-c1ccc(-c2c(C#N)cccc2-c2ccccc2-n2c3ccccc3c3ccccc32)cc1.N#Cc1ccc2c(c1)c1ccccc1n2-c1ccc(-c2ccccc2-c2ccccc2-n2c3ccccc3c3cccc(C#N)c32)c(C#N)c1.[C-]#[N+]c1ccc2c(c1)c1cc(C#N)ccc1n2-c1ccc(-c2c(C#N)cccc2-c2ccccc2-n2c3ccccc3c3ccccc32)cc1. The fourth-order valence-corrected chi connectivity index (χ4v) is 22.5. The van der Waals surface area contributed by atoms with E-state index in [9.17, 15) is 42.1 Å². The average molecular weight is 1910 g/mol. The minimum absolute atomic E-state index is 0.543. The van der Waals surface area contributed by atoms with Crippen LogP contribution in [0, 0.1) is 97.2 Å². The Hall–Kier alpha value is -22.2. The van der Waals surface area contributed by atoms with Gasteiger partial charge in [-0.3, -0.25) is 0 Å². The monoisotopic (exact) mass is 1910 g/mol. The van der Waals surface area contributed by atoms with Crippen molar-refractivity contribution in [2.24, 2.45) is 0 Å². The van der Waals surface area contributed by atoms with Crippen molar-refractivity contribution in [3.63, 3.8) is 0 Å². The van der Waals surface area contributed by atoms with Gasteiger partial charge in [0.1, 0.15) is 6.07 Å². The third-order valence-electron chi connectivity index (χ3n) is 28.9. The summed E-state index contributed by atoms with van der Waals surface area (Å²) < 4.78 is 13.3. The maximum absolute atomic E-state index is 10.6. The predicted octanol–water partition coefficient (Wildman–Crippen LogP) is 33.2. The molecule has 6 heterocycles. The van der Waals surface area contributed by atoms with Gasteiger partial charge in [0.15, 0.2) is 5.69 Å². The molecule has 27 aromatic rings. The van der Waals surface area contributed by atoms with Crippen LogP contribution in [-0.2, 0) is 0 Å². The van der Waals surface area contributed by atoms with Crippen LogP contribution < -0.4 is 0 Å². The van der Waals surface area contributed by atoms with Crippen molar-refractivity contribution in [3.8, 4) is 149 Å². The second-order valence-electron chi connectivity index (χ2n) is 36.8. The summed E-state index contributed by atoms with van der Waals surface area (Å²) in [6.45, 7) is 7.56. The molecule has 21 aromatic carbocycles. The van der Waals surface area contributed by atoms with E-state index in [1.54, 1.807) is 0 Å². The Morgan fingerprint density at radius 1 is 0.180 bits per heavy atom. The minimum atomic E-state index is 0.543. The molecule has 27 rings (SSSR count). The first-order chi connectivity index (χ1) is 74.1. The van der Waals surface area contributed by atoms with Crippen LogP contribution in [0.15, 0.2) is 455 Å². The summed E-state index contributed by atoms with van der Waals surface area (Å²) in [6.07, 6.45) is 0. The number of benzene rings is 21. The molecule has 0 spiro atoms. The predicted molar refractivity (Wildman–Crippen MR) is 602 cm³/mol. The highest BCUT2D eigenvalue weighted by atomic mass is 15.0. The number of hydrogen-bond donors (Lipinski definition) is 0. The number of nitrogens with zero attached hydrogens (tertiary/aromatic N) is 15. The zero-order valence-corrected chi connectivity index (χ0v) is 80.0. The van der Waals surface area contributed by atoms with Gasteiger partial charge < -0.3 is 27.4 Å². The van der Waals surface area contributed by atoms with Crippen molar-refractivity contribution in [1.29, 1.82) is 42.1 Å². The van der Waals surface area contributed by atoms with E-state index in [-0.39, 0.29) is 0 Å². The molecule has 0 N–H and O–H groups in total. The Balaban J connectivity index is 0.000000116. The Labute approximate surface area is 860 Å². The van der Waals surface area contributed by atoms with Gasteiger partial charge in [-0.25, -0.2) is 4.85 Å². The highest BCUT2D eigenvalue weighted by Crippen LogP contribution is 2.49. The molecule has 0 amide bonds. The molecule has 0 saturated carbocycles. The third kappa shape index (κ3) is 14.6. The Bertz CT molecular complexity index is 10600. The zero-order valence-electron chi connectivity index (χ0n) is 80.0. The summed E-state index contributed by atoms with van der Waals surface area (Å²) in [5.74, 6) is 0. The van der Waals surface area contributed by atoms with Gasteiger partial charge in [0.25, 0.3) is 0 Å². The third-order valence-corrected chi connectivity index (χ3v) is 28.9. The summed E-state index contributed by atoms with van der Waals surface area (Å²) in [5.41, 5.74) is 34.3. The van der Waals surface area contributed by atoms with E-state index in [1.807, 2.05) is 194 Å². The first kappa shape index (κ1) is 89.2. The van der Waals surface area contributed by atoms with Crippen LogP contribution in [0.3, 0.4) is 0 Å². The lowest BCUT2D eigenvalue weighted by Crippen LogP contribution is -2.00. The molecule has 0 radical (unpaired) electrons. The maximum Gasteiger partial charge on any atom is 0.188 e. The normalized spacial score (nSPS) is 11.1. The number of nitriles is 8. The summed E-state index contributed by atoms with van der Waals surface area (Å²) in [6, 6.07) is 171. The number of para-hydroxylation sites is 10. The van der Waals surface area contributed by atoms with Gasteiger partial charge in [0.2, 0.25) is 0 Å². The Kier molecular flexibility index (Phi) is 22.0. The molecule has 0 bridgehead atoms. The van der Waals surface area contributed by atoms with E-state index in [0.29, 0.717) is 50.2 Å². The zero-order chi connectivity index (χ0) is 101. The summed E-state index contributed by atoms with van der Waals surface area (Å²) in [4.78, 5) is 3.65. The molecule has 0 unspecified atom stereocenters. The van der Waals surface area contributed by atoms with E-state index < -0.39 is 0 Å². The summed E-state index contributed by atoms with van der Waals surface area (Å²) in [7, 11) is 0. The molecule has 0 aliphatic heterocycles. The highest BCUT2D eigenvalue weighted by Gasteiger charge is 2.28. The van der Waals surface area contributed by atoms with Gasteiger partial charge in [0.05, 0.1) is 177 Å². The number of hydrogen-bond acceptors (Lipinski definition) is 8. The molecule has 0 fully saturated rings. The lowest BCUT2D eigenvalue weighted by atomic mass is 9.90. The van der Waals surface area contributed by atoms with E-state index >= 15 is 0 Å². The van der Waals surface area contributed by atoms with Gasteiger partial charge in [-0.1, -0.05) is 267 Å². The Morgan fingerprint density at radius 3 is 0.940 bits per heavy atom. The first-order valence-corrected chi connectivity index (χ1v) is 48.8. The van der Waals surface area contributed by atoms with Gasteiger partial charge in [-0.2, -0.15) is 42.1 Å². The summed E-state index contributed by atoms with van der Waals surface area (Å²) in [5, 5.41) is 92.9. The molecular weight excluding hydrogens is 1830 g/mol. The van der Waals surface area contributed by atoms with Crippen molar-refractivity contribution in [2.45, 2.75) is 0 Å². The van der Waals surface area contributed by atoms with Crippen molar-refractivity contribution >= 4 is 137 Å². The molecule has 15 heteroatoms. The first-order valence-electron chi connectivity index (χ1n) is 48.8. The topological polar surface area (TPSA) is 224 Å². The smallest absolute Gasteiger partial charge is 0.188 e. The number of aromatic nitrogens is 6. The van der Waals surface area contributed by atoms with Crippen LogP contribution in [-0.4, -0.2) is 27.4 Å². The second-order valence-corrected chi connectivity index (χ2v) is 36.8. The summed E-state index contributed by atoms with van der Waals surface area (Å²) >= 11 is 0. The van der Waals surface area contributed by atoms with Crippen molar-refractivity contribution in [2.75, 3.05) is 0 Å². The lowest BCUT2D eigenvalue weighted by Gasteiger charge is -2.18. The minimum Gasteiger partial charge on any atom is -0.309 e. The fraction of sp³-hybridized carbons (Fsp3) is 0. The van der Waals surface area contributed by atoms with E-state index in [2.05, 4.69) is 342 Å². The maximum atomic E-state index is 10.6. The largest absolute Gasteiger partial charge is 0.309 e. The average Bonchev–Trinajstić information content (AvgIpc) is 1.56. The van der Waals surface area contributed by atoms with Crippen LogP contribution in [0.4, 0.5) is 5.69 Å². The number of fused-ring (bicyclic) bond motifs is 18. The van der Waals surface area contributed by atoms with Crippen molar-refractivity contribution in [3.05, 3.63) is 511 Å². The molecule has 0 saturated heterocycles. The molecule has 15 nitrogen and oxygen atoms in total. The standard InChI is InChI=1S/3C45H25N5/c1-48-32-20-24-44-39(26-32)38-25-29(27-46)17-23-43(38)49(44)33-21-18-30(19-22-33)45-31(28-47)9-8-13-37(45)36-12-4-7-16-42(36)50-40-14-5-2-10-34(40)35-11-3-6-15-41(35)50;46-26-29-19-24-42-38(25-29)45-32(28-48)10-8-18-43(45)49(42)33-22-20-30(21-23-33)44-31(27-47)9-7-14-37(44)36-13-3-6-17-41(36)50-39-15-4-1-11-34(39)35-12-2-5-16-40(35)50;46-26-29-20-23-44-40(24-29)38-15-5-6-17-41(38)49(44)32-21-22-33(31(25-32)28-48)34-11-1-2-12-35(34)36-13-3-7-18-42(36)50-43-19-8-4-14-37(43)39-16-9-10-30(27-47)45(39)50/h2-26H;2*1-25H. The van der Waals surface area contributed by atoms with E-state index in [1.165, 1.54) is 21.5 Å². The number of rotatable bonds is 12. The fourth-order valence-electron chi connectivity index (χ4n) is 22.5. The molecule has 0 aliphatic rings. The molecule has 0 aliphatic carbocycles. The highest BCUT2D eigenvalue weighted by molar-refractivity contribution is 6.17. The van der Waals surface area contributed by atoms with Crippen molar-refractivity contribution < 1.29 is 0 Å². The quantitative estimate of drug-likeness (QED) is 0.107. The van der Waals surface area contributed by atoms with E-state index in [4.69, 9.17) is 6.57 Å². The van der Waals surface area contributed by atoms with Gasteiger partial charge in [-0.05, 0) is 227 Å². The lowest BCUT2D eigenvalue weighted by molar-refractivity contribution is 1.17. The second kappa shape index (κ2) is 37.0. The van der Waals surface area contributed by atoms with Gasteiger partial charge in [-0.15, -0.1) is 0 Å². The molecular formula is C135H75N15. The van der Waals surface area contributed by atoms with Crippen LogP contribution in [0.2, 0.25) is 0 Å². The van der Waals surface area contributed by atoms with Gasteiger partial charge in [0, 0.05) is 110 Å².